The lowest BCUT2D eigenvalue weighted by molar-refractivity contribution is 0.484. The zero-order valence-electron chi connectivity index (χ0n) is 10.8. The minimum absolute atomic E-state index is 0.0501. The third kappa shape index (κ3) is 3.94. The SMILES string of the molecule is Fc1cccc(CC(CCl)Cc2ccc(Cl)cc2)c1F. The van der Waals surface area contributed by atoms with E-state index in [4.69, 9.17) is 23.2 Å². The van der Waals surface area contributed by atoms with Gasteiger partial charge in [0.05, 0.1) is 0 Å². The zero-order valence-corrected chi connectivity index (χ0v) is 12.3. The predicted octanol–water partition coefficient (Wildman–Crippen LogP) is 5.26. The van der Waals surface area contributed by atoms with Gasteiger partial charge in [0.15, 0.2) is 11.6 Å². The Kier molecular flexibility index (Phi) is 5.38. The van der Waals surface area contributed by atoms with Crippen LogP contribution in [0.1, 0.15) is 11.1 Å². The number of hydrogen-bond acceptors (Lipinski definition) is 0. The van der Waals surface area contributed by atoms with Gasteiger partial charge in [-0.3, -0.25) is 0 Å². The molecule has 0 bridgehead atoms. The minimum Gasteiger partial charge on any atom is -0.204 e. The molecular formula is C16H14Cl2F2. The first-order chi connectivity index (χ1) is 9.60. The van der Waals surface area contributed by atoms with Crippen molar-refractivity contribution in [3.63, 3.8) is 0 Å². The largest absolute Gasteiger partial charge is 0.204 e. The highest BCUT2D eigenvalue weighted by Gasteiger charge is 2.14. The van der Waals surface area contributed by atoms with E-state index < -0.39 is 11.6 Å². The Morgan fingerprint density at radius 3 is 2.30 bits per heavy atom. The Hall–Kier alpha value is -1.12. The van der Waals surface area contributed by atoms with E-state index in [-0.39, 0.29) is 5.92 Å². The summed E-state index contributed by atoms with van der Waals surface area (Å²) in [6.45, 7) is 0. The molecule has 106 valence electrons. The van der Waals surface area contributed by atoms with E-state index in [1.807, 2.05) is 24.3 Å². The molecule has 0 N–H and O–H groups in total. The first-order valence-electron chi connectivity index (χ1n) is 6.33. The van der Waals surface area contributed by atoms with Crippen LogP contribution < -0.4 is 0 Å². The molecule has 20 heavy (non-hydrogen) atoms. The fourth-order valence-electron chi connectivity index (χ4n) is 2.15. The van der Waals surface area contributed by atoms with Gasteiger partial charge in [0.2, 0.25) is 0 Å². The molecule has 2 rings (SSSR count). The normalized spacial score (nSPS) is 12.4. The number of alkyl halides is 1. The van der Waals surface area contributed by atoms with Crippen LogP contribution in [0.2, 0.25) is 5.02 Å². The van der Waals surface area contributed by atoms with Crippen molar-refractivity contribution in [1.82, 2.24) is 0 Å². The fraction of sp³-hybridized carbons (Fsp3) is 0.250. The maximum absolute atomic E-state index is 13.7. The lowest BCUT2D eigenvalue weighted by atomic mass is 9.94. The van der Waals surface area contributed by atoms with E-state index in [1.54, 1.807) is 6.07 Å². The molecule has 0 amide bonds. The zero-order chi connectivity index (χ0) is 14.5. The van der Waals surface area contributed by atoms with Crippen molar-refractivity contribution < 1.29 is 8.78 Å². The lowest BCUT2D eigenvalue weighted by Crippen LogP contribution is -2.11. The second-order valence-electron chi connectivity index (χ2n) is 4.77. The standard InChI is InChI=1S/C16H14Cl2F2/c17-10-12(8-11-4-6-14(18)7-5-11)9-13-2-1-3-15(19)16(13)20/h1-7,12H,8-10H2. The van der Waals surface area contributed by atoms with Gasteiger partial charge >= 0.3 is 0 Å². The molecule has 1 atom stereocenters. The summed E-state index contributed by atoms with van der Waals surface area (Å²) < 4.78 is 26.8. The molecule has 0 nitrogen and oxygen atoms in total. The van der Waals surface area contributed by atoms with Crippen molar-refractivity contribution in [2.75, 3.05) is 5.88 Å². The number of benzene rings is 2. The van der Waals surface area contributed by atoms with Gasteiger partial charge < -0.3 is 0 Å². The summed E-state index contributed by atoms with van der Waals surface area (Å²) in [5, 5.41) is 0.673. The molecule has 2 aromatic carbocycles. The van der Waals surface area contributed by atoms with Crippen molar-refractivity contribution in [2.24, 2.45) is 5.92 Å². The first-order valence-corrected chi connectivity index (χ1v) is 7.24. The molecule has 0 saturated carbocycles. The van der Waals surface area contributed by atoms with E-state index in [1.165, 1.54) is 6.07 Å². The third-order valence-electron chi connectivity index (χ3n) is 3.20. The second kappa shape index (κ2) is 7.05. The molecule has 0 fully saturated rings. The molecule has 4 heteroatoms. The lowest BCUT2D eigenvalue weighted by Gasteiger charge is -2.15. The van der Waals surface area contributed by atoms with Crippen molar-refractivity contribution >= 4 is 23.2 Å². The summed E-state index contributed by atoms with van der Waals surface area (Å²) in [5.41, 5.74) is 1.45. The molecule has 0 heterocycles. The Morgan fingerprint density at radius 1 is 0.950 bits per heavy atom. The topological polar surface area (TPSA) is 0 Å². The van der Waals surface area contributed by atoms with Crippen LogP contribution in [0, 0.1) is 17.6 Å². The molecule has 1 unspecified atom stereocenters. The number of rotatable bonds is 5. The van der Waals surface area contributed by atoms with E-state index in [9.17, 15) is 8.78 Å². The summed E-state index contributed by atoms with van der Waals surface area (Å²) in [5.74, 6) is -1.16. The smallest absolute Gasteiger partial charge is 0.162 e. The highest BCUT2D eigenvalue weighted by Crippen LogP contribution is 2.20. The van der Waals surface area contributed by atoms with E-state index >= 15 is 0 Å². The Bertz CT molecular complexity index is 567. The summed E-state index contributed by atoms with van der Waals surface area (Å²) in [6.07, 6.45) is 1.12. The van der Waals surface area contributed by atoms with Crippen LogP contribution >= 0.6 is 23.2 Å². The summed E-state index contributed by atoms with van der Waals surface area (Å²) >= 11 is 11.8. The summed E-state index contributed by atoms with van der Waals surface area (Å²) in [6, 6.07) is 11.7. The molecule has 0 aromatic heterocycles. The summed E-state index contributed by atoms with van der Waals surface area (Å²) in [7, 11) is 0. The predicted molar refractivity (Wildman–Crippen MR) is 79.4 cm³/mol. The van der Waals surface area contributed by atoms with Crippen LogP contribution in [-0.2, 0) is 12.8 Å². The van der Waals surface area contributed by atoms with Crippen molar-refractivity contribution in [3.8, 4) is 0 Å². The molecule has 0 aliphatic carbocycles. The van der Waals surface area contributed by atoms with Crippen LogP contribution in [0.15, 0.2) is 42.5 Å². The quantitative estimate of drug-likeness (QED) is 0.660. The third-order valence-corrected chi connectivity index (χ3v) is 3.88. The molecule has 0 spiro atoms. The van der Waals surface area contributed by atoms with Gasteiger partial charge in [0.25, 0.3) is 0 Å². The number of halogens is 4. The van der Waals surface area contributed by atoms with Gasteiger partial charge in [-0.1, -0.05) is 35.9 Å². The van der Waals surface area contributed by atoms with Crippen LogP contribution in [-0.4, -0.2) is 5.88 Å². The van der Waals surface area contributed by atoms with Gasteiger partial charge in [-0.25, -0.2) is 8.78 Å². The monoisotopic (exact) mass is 314 g/mol. The maximum Gasteiger partial charge on any atom is 0.162 e. The fourth-order valence-corrected chi connectivity index (χ4v) is 2.50. The highest BCUT2D eigenvalue weighted by molar-refractivity contribution is 6.30. The molecule has 0 saturated heterocycles. The van der Waals surface area contributed by atoms with Crippen LogP contribution in [0.3, 0.4) is 0 Å². The average molecular weight is 315 g/mol. The van der Waals surface area contributed by atoms with E-state index in [0.717, 1.165) is 11.6 Å². The molecule has 2 aromatic rings. The van der Waals surface area contributed by atoms with Gasteiger partial charge in [-0.2, -0.15) is 0 Å². The van der Waals surface area contributed by atoms with Gasteiger partial charge in [-0.05, 0) is 48.1 Å². The van der Waals surface area contributed by atoms with Crippen molar-refractivity contribution in [3.05, 3.63) is 70.2 Å². The van der Waals surface area contributed by atoms with Gasteiger partial charge in [0.1, 0.15) is 0 Å². The Morgan fingerprint density at radius 2 is 1.65 bits per heavy atom. The summed E-state index contributed by atoms with van der Waals surface area (Å²) in [4.78, 5) is 0. The van der Waals surface area contributed by atoms with Crippen LogP contribution in [0.25, 0.3) is 0 Å². The van der Waals surface area contributed by atoms with E-state index in [2.05, 4.69) is 0 Å². The molecule has 0 radical (unpaired) electrons. The van der Waals surface area contributed by atoms with Crippen molar-refractivity contribution in [1.29, 1.82) is 0 Å². The highest BCUT2D eigenvalue weighted by atomic mass is 35.5. The minimum atomic E-state index is -0.817. The molecule has 0 aliphatic rings. The van der Waals surface area contributed by atoms with Gasteiger partial charge in [0, 0.05) is 10.9 Å². The maximum atomic E-state index is 13.7. The van der Waals surface area contributed by atoms with Crippen LogP contribution in [0.5, 0.6) is 0 Å². The average Bonchev–Trinajstić information content (AvgIpc) is 2.45. The number of hydrogen-bond donors (Lipinski definition) is 0. The van der Waals surface area contributed by atoms with E-state index in [0.29, 0.717) is 29.3 Å². The Labute approximate surface area is 127 Å². The molecule has 0 aliphatic heterocycles. The van der Waals surface area contributed by atoms with Crippen molar-refractivity contribution in [2.45, 2.75) is 12.8 Å². The molecular weight excluding hydrogens is 301 g/mol. The van der Waals surface area contributed by atoms with Crippen LogP contribution in [0.4, 0.5) is 8.78 Å². The first kappa shape index (κ1) is 15.3. The van der Waals surface area contributed by atoms with Gasteiger partial charge in [-0.15, -0.1) is 11.6 Å². The Balaban J connectivity index is 2.09. The second-order valence-corrected chi connectivity index (χ2v) is 5.51.